The maximum absolute atomic E-state index is 12.9. The molecule has 0 aliphatic carbocycles. The molecule has 0 aromatic heterocycles. The zero-order valence-electron chi connectivity index (χ0n) is 13.1. The van der Waals surface area contributed by atoms with Crippen molar-refractivity contribution >= 4 is 16.7 Å². The molecule has 0 amide bonds. The minimum atomic E-state index is -0.0283. The molecule has 5 heteroatoms. The molecule has 116 valence electrons. The van der Waals surface area contributed by atoms with Crippen LogP contribution in [0.4, 0.5) is 0 Å². The highest BCUT2D eigenvalue weighted by Gasteiger charge is 2.37. The summed E-state index contributed by atoms with van der Waals surface area (Å²) >= 11 is 0. The Morgan fingerprint density at radius 2 is 1.71 bits per heavy atom. The molecule has 1 atom stereocenters. The third-order valence-corrected chi connectivity index (χ3v) is 6.34. The van der Waals surface area contributed by atoms with Gasteiger partial charge >= 0.3 is 0 Å². The fraction of sp³-hybridized carbons (Fsp3) is 0.562. The summed E-state index contributed by atoms with van der Waals surface area (Å²) in [6.45, 7) is 5.48. The number of hydrogen-bond donors (Lipinski definition) is 0. The average Bonchev–Trinajstić information content (AvgIpc) is 2.53. The van der Waals surface area contributed by atoms with E-state index >= 15 is 0 Å². The van der Waals surface area contributed by atoms with Gasteiger partial charge < -0.3 is 14.2 Å². The van der Waals surface area contributed by atoms with Crippen LogP contribution in [0.2, 0.25) is 0 Å². The standard InChI is InChI=1S/C16H23O4S/c1-11-9-13(18-3)15(14(10-11)19-4)16(17)12(2)21-7-5-20-6-8-21/h9-10,12H,5-8H2,1-4H3/q+1. The lowest BCUT2D eigenvalue weighted by molar-refractivity contribution is 0.0985. The molecule has 0 N–H and O–H groups in total. The molecule has 1 aromatic carbocycles. The molecule has 1 heterocycles. The monoisotopic (exact) mass is 311 g/mol. The minimum absolute atomic E-state index is 0.0283. The second kappa shape index (κ2) is 7.18. The summed E-state index contributed by atoms with van der Waals surface area (Å²) in [5, 5.41) is -0.0283. The SMILES string of the molecule is COc1cc(C)cc(OC)c1C(=O)C(C)[S+]1CCOCC1. The van der Waals surface area contributed by atoms with Gasteiger partial charge in [0.15, 0.2) is 5.25 Å². The Morgan fingerprint density at radius 1 is 1.19 bits per heavy atom. The van der Waals surface area contributed by atoms with Crippen molar-refractivity contribution in [2.45, 2.75) is 19.1 Å². The lowest BCUT2D eigenvalue weighted by Gasteiger charge is -2.21. The van der Waals surface area contributed by atoms with E-state index < -0.39 is 0 Å². The van der Waals surface area contributed by atoms with Crippen LogP contribution in [-0.2, 0) is 15.6 Å². The molecule has 1 aliphatic heterocycles. The van der Waals surface area contributed by atoms with Crippen molar-refractivity contribution in [1.82, 2.24) is 0 Å². The van der Waals surface area contributed by atoms with Gasteiger partial charge in [-0.05, 0) is 31.5 Å². The first kappa shape index (κ1) is 16.2. The fourth-order valence-corrected chi connectivity index (χ4v) is 4.53. The molecular weight excluding hydrogens is 288 g/mol. The molecule has 21 heavy (non-hydrogen) atoms. The number of ketones is 1. The molecule has 0 saturated carbocycles. The van der Waals surface area contributed by atoms with Crippen LogP contribution < -0.4 is 9.47 Å². The topological polar surface area (TPSA) is 44.8 Å². The Morgan fingerprint density at radius 3 is 2.19 bits per heavy atom. The molecule has 2 rings (SSSR count). The molecule has 1 saturated heterocycles. The third-order valence-electron chi connectivity index (χ3n) is 3.75. The van der Waals surface area contributed by atoms with Crippen LogP contribution in [0.1, 0.15) is 22.8 Å². The normalized spacial score (nSPS) is 17.3. The molecule has 1 aliphatic rings. The summed E-state index contributed by atoms with van der Waals surface area (Å²) in [6.07, 6.45) is 0. The Bertz CT molecular complexity index is 484. The van der Waals surface area contributed by atoms with Gasteiger partial charge in [-0.15, -0.1) is 0 Å². The summed E-state index contributed by atoms with van der Waals surface area (Å²) in [7, 11) is 3.25. The summed E-state index contributed by atoms with van der Waals surface area (Å²) < 4.78 is 16.2. The first-order valence-electron chi connectivity index (χ1n) is 7.09. The third kappa shape index (κ3) is 3.52. The van der Waals surface area contributed by atoms with E-state index in [1.807, 2.05) is 26.0 Å². The number of benzene rings is 1. The first-order chi connectivity index (χ1) is 10.1. The maximum Gasteiger partial charge on any atom is 0.222 e. The van der Waals surface area contributed by atoms with Crippen molar-refractivity contribution in [3.63, 3.8) is 0 Å². The van der Waals surface area contributed by atoms with Crippen LogP contribution in [0.25, 0.3) is 0 Å². The molecule has 1 fully saturated rings. The molecule has 0 bridgehead atoms. The van der Waals surface area contributed by atoms with E-state index in [2.05, 4.69) is 0 Å². The van der Waals surface area contributed by atoms with E-state index in [4.69, 9.17) is 14.2 Å². The van der Waals surface area contributed by atoms with Gasteiger partial charge in [0.1, 0.15) is 28.6 Å². The van der Waals surface area contributed by atoms with E-state index in [0.29, 0.717) is 17.1 Å². The van der Waals surface area contributed by atoms with E-state index in [1.165, 1.54) is 0 Å². The Hall–Kier alpha value is -1.20. The van der Waals surface area contributed by atoms with Crippen LogP contribution in [-0.4, -0.2) is 50.0 Å². The number of carbonyl (C=O) groups excluding carboxylic acids is 1. The van der Waals surface area contributed by atoms with Gasteiger partial charge in [-0.25, -0.2) is 0 Å². The highest BCUT2D eigenvalue weighted by molar-refractivity contribution is 7.98. The lowest BCUT2D eigenvalue weighted by Crippen LogP contribution is -2.38. The average molecular weight is 311 g/mol. The van der Waals surface area contributed by atoms with Crippen LogP contribution in [0.5, 0.6) is 11.5 Å². The highest BCUT2D eigenvalue weighted by atomic mass is 32.2. The number of rotatable bonds is 5. The molecule has 4 nitrogen and oxygen atoms in total. The van der Waals surface area contributed by atoms with Crippen molar-refractivity contribution in [3.05, 3.63) is 23.3 Å². The van der Waals surface area contributed by atoms with Gasteiger partial charge in [0.2, 0.25) is 5.78 Å². The van der Waals surface area contributed by atoms with Gasteiger partial charge in [-0.2, -0.15) is 0 Å². The number of aryl methyl sites for hydroxylation is 1. The van der Waals surface area contributed by atoms with Crippen molar-refractivity contribution in [2.24, 2.45) is 0 Å². The quantitative estimate of drug-likeness (QED) is 0.618. The van der Waals surface area contributed by atoms with Gasteiger partial charge in [0.05, 0.1) is 27.4 Å². The molecule has 0 radical (unpaired) electrons. The number of hydrogen-bond acceptors (Lipinski definition) is 4. The first-order valence-corrected chi connectivity index (χ1v) is 8.72. The Labute approximate surface area is 129 Å². The van der Waals surface area contributed by atoms with E-state index in [-0.39, 0.29) is 21.9 Å². The second-order valence-corrected chi connectivity index (χ2v) is 7.71. The summed E-state index contributed by atoms with van der Waals surface area (Å²) in [6, 6.07) is 3.77. The zero-order valence-corrected chi connectivity index (χ0v) is 13.9. The minimum Gasteiger partial charge on any atom is -0.496 e. The predicted molar refractivity (Wildman–Crippen MR) is 86.0 cm³/mol. The second-order valence-electron chi connectivity index (χ2n) is 5.11. The number of carbonyl (C=O) groups is 1. The number of Topliss-reactive ketones (excluding diaryl/α,β-unsaturated/α-hetero) is 1. The smallest absolute Gasteiger partial charge is 0.222 e. The Balaban J connectivity index is 2.32. The highest BCUT2D eigenvalue weighted by Crippen LogP contribution is 2.33. The number of methoxy groups -OCH3 is 2. The van der Waals surface area contributed by atoms with Crippen LogP contribution in [0, 0.1) is 6.92 Å². The van der Waals surface area contributed by atoms with Crippen LogP contribution in [0.3, 0.4) is 0 Å². The number of ether oxygens (including phenoxy) is 3. The van der Waals surface area contributed by atoms with Crippen LogP contribution >= 0.6 is 0 Å². The van der Waals surface area contributed by atoms with E-state index in [1.54, 1.807) is 14.2 Å². The van der Waals surface area contributed by atoms with Crippen molar-refractivity contribution in [3.8, 4) is 11.5 Å². The van der Waals surface area contributed by atoms with Crippen molar-refractivity contribution < 1.29 is 19.0 Å². The maximum atomic E-state index is 12.9. The van der Waals surface area contributed by atoms with Gasteiger partial charge in [-0.1, -0.05) is 0 Å². The van der Waals surface area contributed by atoms with Gasteiger partial charge in [0, 0.05) is 10.9 Å². The van der Waals surface area contributed by atoms with Crippen LogP contribution in [0.15, 0.2) is 12.1 Å². The Kier molecular flexibility index (Phi) is 5.53. The summed E-state index contributed by atoms with van der Waals surface area (Å²) in [5.41, 5.74) is 1.58. The largest absolute Gasteiger partial charge is 0.496 e. The van der Waals surface area contributed by atoms with Gasteiger partial charge in [0.25, 0.3) is 0 Å². The summed E-state index contributed by atoms with van der Waals surface area (Å²) in [4.78, 5) is 12.9. The molecule has 0 spiro atoms. The molecule has 1 unspecified atom stereocenters. The zero-order chi connectivity index (χ0) is 15.4. The fourth-order valence-electron chi connectivity index (χ4n) is 2.53. The molecular formula is C16H23O4S+. The predicted octanol–water partition coefficient (Wildman–Crippen LogP) is 2.23. The van der Waals surface area contributed by atoms with E-state index in [0.717, 1.165) is 30.3 Å². The van der Waals surface area contributed by atoms with Crippen molar-refractivity contribution in [2.75, 3.05) is 38.9 Å². The summed E-state index contributed by atoms with van der Waals surface area (Å²) in [5.74, 6) is 3.22. The van der Waals surface area contributed by atoms with E-state index in [9.17, 15) is 4.79 Å². The van der Waals surface area contributed by atoms with Gasteiger partial charge in [-0.3, -0.25) is 4.79 Å². The molecule has 1 aromatic rings. The van der Waals surface area contributed by atoms with Crippen molar-refractivity contribution in [1.29, 1.82) is 0 Å². The lowest BCUT2D eigenvalue weighted by atomic mass is 10.0.